The van der Waals surface area contributed by atoms with Gasteiger partial charge in [-0.15, -0.1) is 0 Å². The summed E-state index contributed by atoms with van der Waals surface area (Å²) in [6.45, 7) is 7.14. The third-order valence-corrected chi connectivity index (χ3v) is 3.18. The Balaban J connectivity index is 3.47. The van der Waals surface area contributed by atoms with Gasteiger partial charge in [0.2, 0.25) is 0 Å². The van der Waals surface area contributed by atoms with Gasteiger partial charge in [0.25, 0.3) is 6.29 Å². The summed E-state index contributed by atoms with van der Waals surface area (Å²) in [5.41, 5.74) is 0. The molecular weight excluding hydrogens is 240 g/mol. The first-order valence-electron chi connectivity index (χ1n) is 8.06. The maximum atomic E-state index is 9.96. The maximum absolute atomic E-state index is 9.96. The van der Waals surface area contributed by atoms with E-state index in [0.29, 0.717) is 19.5 Å². The summed E-state index contributed by atoms with van der Waals surface area (Å²) in [4.78, 5) is 0. The second kappa shape index (κ2) is 14.3. The predicted molar refractivity (Wildman–Crippen MR) is 79.7 cm³/mol. The lowest BCUT2D eigenvalue weighted by Crippen LogP contribution is -2.24. The van der Waals surface area contributed by atoms with E-state index in [4.69, 9.17) is 9.47 Å². The number of ether oxygens (including phenoxy) is 2. The zero-order valence-corrected chi connectivity index (χ0v) is 13.1. The third-order valence-electron chi connectivity index (χ3n) is 3.18. The summed E-state index contributed by atoms with van der Waals surface area (Å²) >= 11 is 0. The van der Waals surface area contributed by atoms with Crippen molar-refractivity contribution in [2.45, 2.75) is 84.7 Å². The summed E-state index contributed by atoms with van der Waals surface area (Å²) in [5, 5.41) is 9.96. The molecule has 3 nitrogen and oxygen atoms in total. The molecule has 0 aromatic carbocycles. The standard InChI is InChI=1S/C16H33O3/c1-4-7-8-9-10-11-12-13-14-15(17)16(18-5-2)19-6-3/h15,17H,4-14H2,1-3H3. The fraction of sp³-hybridized carbons (Fsp3) is 0.938. The quantitative estimate of drug-likeness (QED) is 0.475. The fourth-order valence-corrected chi connectivity index (χ4v) is 2.11. The molecule has 1 radical (unpaired) electrons. The molecule has 1 unspecified atom stereocenters. The molecule has 1 atom stereocenters. The molecule has 0 aliphatic carbocycles. The molecule has 0 heterocycles. The van der Waals surface area contributed by atoms with E-state index in [1.807, 2.05) is 13.8 Å². The van der Waals surface area contributed by atoms with Crippen LogP contribution in [0.3, 0.4) is 0 Å². The van der Waals surface area contributed by atoms with Gasteiger partial charge >= 0.3 is 0 Å². The van der Waals surface area contributed by atoms with Crippen LogP contribution in [-0.2, 0) is 9.47 Å². The number of hydrogen-bond donors (Lipinski definition) is 1. The summed E-state index contributed by atoms with van der Waals surface area (Å²) in [5.74, 6) is 0. The van der Waals surface area contributed by atoms with Crippen LogP contribution in [0, 0.1) is 6.29 Å². The second-order valence-corrected chi connectivity index (χ2v) is 4.96. The SMILES string of the molecule is CCCCCCCCCCC(O)[C](OCC)OCC. The molecule has 19 heavy (non-hydrogen) atoms. The van der Waals surface area contributed by atoms with Gasteiger partial charge < -0.3 is 14.6 Å². The molecule has 0 aliphatic heterocycles. The van der Waals surface area contributed by atoms with Crippen molar-refractivity contribution in [3.05, 3.63) is 6.29 Å². The summed E-state index contributed by atoms with van der Waals surface area (Å²) in [6, 6.07) is 0. The van der Waals surface area contributed by atoms with Crippen LogP contribution in [0.25, 0.3) is 0 Å². The van der Waals surface area contributed by atoms with Gasteiger partial charge in [-0.25, -0.2) is 0 Å². The molecule has 0 bridgehead atoms. The number of rotatable bonds is 14. The molecule has 0 saturated heterocycles. The smallest absolute Gasteiger partial charge is 0.253 e. The van der Waals surface area contributed by atoms with E-state index < -0.39 is 6.10 Å². The van der Waals surface area contributed by atoms with E-state index in [9.17, 15) is 5.11 Å². The molecule has 0 saturated carbocycles. The van der Waals surface area contributed by atoms with Crippen LogP contribution >= 0.6 is 0 Å². The van der Waals surface area contributed by atoms with Crippen molar-refractivity contribution in [1.29, 1.82) is 0 Å². The van der Waals surface area contributed by atoms with Gasteiger partial charge in [-0.2, -0.15) is 0 Å². The predicted octanol–water partition coefficient (Wildman–Crippen LogP) is 4.44. The first-order chi connectivity index (χ1) is 9.26. The van der Waals surface area contributed by atoms with Crippen LogP contribution in [0.1, 0.15) is 78.6 Å². The second-order valence-electron chi connectivity index (χ2n) is 4.96. The molecule has 1 N–H and O–H groups in total. The topological polar surface area (TPSA) is 38.7 Å². The van der Waals surface area contributed by atoms with Crippen LogP contribution in [0.2, 0.25) is 0 Å². The van der Waals surface area contributed by atoms with Crippen molar-refractivity contribution in [2.24, 2.45) is 0 Å². The fourth-order valence-electron chi connectivity index (χ4n) is 2.11. The van der Waals surface area contributed by atoms with E-state index in [1.165, 1.54) is 44.9 Å². The highest BCUT2D eigenvalue weighted by atomic mass is 16.7. The molecule has 115 valence electrons. The van der Waals surface area contributed by atoms with Crippen LogP contribution in [0.5, 0.6) is 0 Å². The average Bonchev–Trinajstić information content (AvgIpc) is 2.41. The third kappa shape index (κ3) is 11.4. The van der Waals surface area contributed by atoms with Crippen molar-refractivity contribution < 1.29 is 14.6 Å². The Bertz CT molecular complexity index is 167. The number of hydrogen-bond acceptors (Lipinski definition) is 3. The summed E-state index contributed by atoms with van der Waals surface area (Å²) in [7, 11) is 0. The van der Waals surface area contributed by atoms with Crippen LogP contribution in [0.15, 0.2) is 0 Å². The van der Waals surface area contributed by atoms with Gasteiger partial charge in [-0.1, -0.05) is 58.3 Å². The molecule has 0 aliphatic rings. The molecule has 3 heteroatoms. The van der Waals surface area contributed by atoms with Gasteiger partial charge in [0, 0.05) is 13.2 Å². The van der Waals surface area contributed by atoms with E-state index in [2.05, 4.69) is 6.92 Å². The highest BCUT2D eigenvalue weighted by Gasteiger charge is 2.21. The van der Waals surface area contributed by atoms with Gasteiger partial charge in [0.1, 0.15) is 6.10 Å². The van der Waals surface area contributed by atoms with E-state index in [0.717, 1.165) is 12.8 Å². The number of aliphatic hydroxyl groups excluding tert-OH is 1. The van der Waals surface area contributed by atoms with Crippen LogP contribution in [-0.4, -0.2) is 24.4 Å². The molecular formula is C16H33O3. The van der Waals surface area contributed by atoms with Crippen molar-refractivity contribution >= 4 is 0 Å². The molecule has 0 fully saturated rings. The highest BCUT2D eigenvalue weighted by molar-refractivity contribution is 4.76. The van der Waals surface area contributed by atoms with Gasteiger partial charge in [0.15, 0.2) is 0 Å². The van der Waals surface area contributed by atoms with Crippen molar-refractivity contribution in [2.75, 3.05) is 13.2 Å². The Morgan fingerprint density at radius 1 is 0.789 bits per heavy atom. The Morgan fingerprint density at radius 3 is 1.74 bits per heavy atom. The van der Waals surface area contributed by atoms with Crippen molar-refractivity contribution in [3.8, 4) is 0 Å². The first-order valence-corrected chi connectivity index (χ1v) is 8.06. The minimum absolute atomic E-state index is 0.396. The van der Waals surface area contributed by atoms with Crippen molar-refractivity contribution in [3.63, 3.8) is 0 Å². The molecule has 0 rings (SSSR count). The molecule has 0 aromatic heterocycles. The monoisotopic (exact) mass is 273 g/mol. The molecule has 0 spiro atoms. The highest BCUT2D eigenvalue weighted by Crippen LogP contribution is 2.17. The zero-order chi connectivity index (χ0) is 14.3. The first kappa shape index (κ1) is 18.9. The minimum Gasteiger partial charge on any atom is -0.387 e. The lowest BCUT2D eigenvalue weighted by molar-refractivity contribution is -0.0995. The number of aliphatic hydroxyl groups is 1. The Labute approximate surface area is 119 Å². The normalized spacial score (nSPS) is 13.1. The summed E-state index contributed by atoms with van der Waals surface area (Å²) in [6.07, 6.45) is 10.8. The van der Waals surface area contributed by atoms with E-state index in [1.54, 1.807) is 0 Å². The van der Waals surface area contributed by atoms with Gasteiger partial charge in [0.05, 0.1) is 0 Å². The van der Waals surface area contributed by atoms with E-state index in [-0.39, 0.29) is 0 Å². The van der Waals surface area contributed by atoms with Gasteiger partial charge in [-0.05, 0) is 20.3 Å². The summed E-state index contributed by atoms with van der Waals surface area (Å²) < 4.78 is 10.6. The Hall–Kier alpha value is -0.120. The average molecular weight is 273 g/mol. The zero-order valence-electron chi connectivity index (χ0n) is 13.1. The van der Waals surface area contributed by atoms with Crippen LogP contribution in [0.4, 0.5) is 0 Å². The lowest BCUT2D eigenvalue weighted by atomic mass is 10.1. The number of unbranched alkanes of at least 4 members (excludes halogenated alkanes) is 7. The lowest BCUT2D eigenvalue weighted by Gasteiger charge is -2.20. The maximum Gasteiger partial charge on any atom is 0.253 e. The van der Waals surface area contributed by atoms with Crippen molar-refractivity contribution in [1.82, 2.24) is 0 Å². The molecule has 0 amide bonds. The minimum atomic E-state index is -0.569. The van der Waals surface area contributed by atoms with Gasteiger partial charge in [-0.3, -0.25) is 0 Å². The largest absolute Gasteiger partial charge is 0.387 e. The van der Waals surface area contributed by atoms with E-state index >= 15 is 0 Å². The molecule has 0 aromatic rings. The van der Waals surface area contributed by atoms with Crippen LogP contribution < -0.4 is 0 Å². The Kier molecular flexibility index (Phi) is 14.2. The Morgan fingerprint density at radius 2 is 1.26 bits per heavy atom.